The van der Waals surface area contributed by atoms with Crippen molar-refractivity contribution in [1.29, 1.82) is 0 Å². The number of ether oxygens (including phenoxy) is 1. The Labute approximate surface area is 125 Å². The quantitative estimate of drug-likeness (QED) is 0.489. The van der Waals surface area contributed by atoms with Crippen molar-refractivity contribution in [3.8, 4) is 11.8 Å². The monoisotopic (exact) mass is 296 g/mol. The van der Waals surface area contributed by atoms with Gasteiger partial charge in [0.1, 0.15) is 6.04 Å². The van der Waals surface area contributed by atoms with Gasteiger partial charge >= 0.3 is 12.1 Å². The number of carboxylic acids is 1. The molecule has 2 atom stereocenters. The van der Waals surface area contributed by atoms with Crippen LogP contribution in [0.25, 0.3) is 0 Å². The fraction of sp³-hybridized carbons (Fsp3) is 0.733. The largest absolute Gasteiger partial charge is 0.480 e. The van der Waals surface area contributed by atoms with E-state index in [1.165, 1.54) is 0 Å². The van der Waals surface area contributed by atoms with Crippen LogP contribution in [0.1, 0.15) is 51.4 Å². The molecule has 2 unspecified atom stereocenters. The molecular formula is C15H24N2O4. The van der Waals surface area contributed by atoms with Crippen molar-refractivity contribution in [2.24, 2.45) is 5.73 Å². The lowest BCUT2D eigenvalue weighted by molar-refractivity contribution is -0.139. The predicted molar refractivity (Wildman–Crippen MR) is 78.6 cm³/mol. The van der Waals surface area contributed by atoms with Gasteiger partial charge in [0.15, 0.2) is 6.10 Å². The first-order valence-corrected chi connectivity index (χ1v) is 7.52. The molecule has 0 aromatic heterocycles. The van der Waals surface area contributed by atoms with Crippen molar-refractivity contribution in [2.45, 2.75) is 63.5 Å². The van der Waals surface area contributed by atoms with E-state index in [9.17, 15) is 9.59 Å². The summed E-state index contributed by atoms with van der Waals surface area (Å²) in [6.07, 6.45) is 5.21. The minimum absolute atomic E-state index is 0.345. The number of hydrogen-bond donors (Lipinski definition) is 3. The molecule has 1 aliphatic carbocycles. The highest BCUT2D eigenvalue weighted by Gasteiger charge is 2.21. The Kier molecular flexibility index (Phi) is 8.29. The van der Waals surface area contributed by atoms with Gasteiger partial charge in [0.25, 0.3) is 0 Å². The second-order valence-corrected chi connectivity index (χ2v) is 5.13. The number of carbonyl (C=O) groups is 2. The summed E-state index contributed by atoms with van der Waals surface area (Å²) in [5, 5.41) is 11.5. The minimum Gasteiger partial charge on any atom is -0.480 e. The van der Waals surface area contributed by atoms with Crippen molar-refractivity contribution in [2.75, 3.05) is 6.54 Å². The van der Waals surface area contributed by atoms with Crippen LogP contribution >= 0.6 is 0 Å². The third-order valence-electron chi connectivity index (χ3n) is 3.32. The molecule has 0 spiro atoms. The molecule has 0 aromatic rings. The van der Waals surface area contributed by atoms with E-state index < -0.39 is 24.2 Å². The highest BCUT2D eigenvalue weighted by molar-refractivity contribution is 5.79. The molecule has 0 bridgehead atoms. The van der Waals surface area contributed by atoms with Crippen LogP contribution in [-0.2, 0) is 9.53 Å². The number of aliphatic carboxylic acids is 1. The van der Waals surface area contributed by atoms with Crippen LogP contribution in [0.2, 0.25) is 0 Å². The molecule has 0 saturated carbocycles. The normalized spacial score (nSPS) is 19.4. The first-order chi connectivity index (χ1) is 10.1. The molecule has 6 heteroatoms. The summed E-state index contributed by atoms with van der Waals surface area (Å²) in [5.41, 5.74) is 5.37. The molecule has 4 N–H and O–H groups in total. The molecule has 0 fully saturated rings. The maximum atomic E-state index is 11.8. The molecule has 21 heavy (non-hydrogen) atoms. The van der Waals surface area contributed by atoms with Gasteiger partial charge < -0.3 is 20.9 Å². The molecule has 118 valence electrons. The summed E-state index contributed by atoms with van der Waals surface area (Å²) in [6.45, 7) is 0.508. The molecule has 1 aliphatic rings. The lowest BCUT2D eigenvalue weighted by Gasteiger charge is -2.17. The smallest absolute Gasteiger partial charge is 0.409 e. The minimum atomic E-state index is -1.06. The molecule has 1 rings (SSSR count). The Bertz CT molecular complexity index is 400. The summed E-state index contributed by atoms with van der Waals surface area (Å²) in [6, 6.07) is -0.939. The van der Waals surface area contributed by atoms with Gasteiger partial charge in [0.05, 0.1) is 0 Å². The van der Waals surface area contributed by atoms with Crippen molar-refractivity contribution in [1.82, 2.24) is 5.32 Å². The number of nitrogens with one attached hydrogen (secondary N) is 1. The van der Waals surface area contributed by atoms with Crippen LogP contribution in [0.15, 0.2) is 0 Å². The molecule has 0 radical (unpaired) electrons. The maximum absolute atomic E-state index is 11.8. The van der Waals surface area contributed by atoms with Crippen LogP contribution in [-0.4, -0.2) is 35.9 Å². The van der Waals surface area contributed by atoms with E-state index in [0.29, 0.717) is 25.8 Å². The number of carbonyl (C=O) groups excluding carboxylic acids is 1. The van der Waals surface area contributed by atoms with E-state index >= 15 is 0 Å². The van der Waals surface area contributed by atoms with Gasteiger partial charge in [-0.2, -0.15) is 0 Å². The van der Waals surface area contributed by atoms with E-state index in [2.05, 4.69) is 17.2 Å². The number of hydrogen-bond acceptors (Lipinski definition) is 4. The van der Waals surface area contributed by atoms with Gasteiger partial charge in [-0.25, -0.2) is 9.59 Å². The number of nitrogens with two attached hydrogens (primary N) is 1. The molecule has 0 saturated heterocycles. The van der Waals surface area contributed by atoms with Crippen LogP contribution in [0.5, 0.6) is 0 Å². The average Bonchev–Trinajstić information content (AvgIpc) is 2.40. The third kappa shape index (κ3) is 7.57. The fourth-order valence-corrected chi connectivity index (χ4v) is 2.12. The summed E-state index contributed by atoms with van der Waals surface area (Å²) in [5.74, 6) is 4.82. The summed E-state index contributed by atoms with van der Waals surface area (Å²) >= 11 is 0. The molecule has 0 aromatic carbocycles. The number of amides is 1. The van der Waals surface area contributed by atoms with E-state index in [1.54, 1.807) is 0 Å². The molecule has 6 nitrogen and oxygen atoms in total. The van der Waals surface area contributed by atoms with Gasteiger partial charge in [-0.05, 0) is 45.1 Å². The van der Waals surface area contributed by atoms with Crippen molar-refractivity contribution in [3.05, 3.63) is 0 Å². The lowest BCUT2D eigenvalue weighted by Crippen LogP contribution is -2.42. The molecule has 0 aliphatic heterocycles. The van der Waals surface area contributed by atoms with E-state index in [0.717, 1.165) is 32.1 Å². The SMILES string of the molecule is NCCCCC(NC(=O)OC1C#CCCCCC1)C(=O)O. The number of rotatable bonds is 7. The van der Waals surface area contributed by atoms with Crippen molar-refractivity contribution >= 4 is 12.1 Å². The van der Waals surface area contributed by atoms with Gasteiger partial charge in [-0.15, -0.1) is 0 Å². The topological polar surface area (TPSA) is 102 Å². The van der Waals surface area contributed by atoms with Gasteiger partial charge in [-0.1, -0.05) is 18.3 Å². The Morgan fingerprint density at radius 2 is 2.14 bits per heavy atom. The molecular weight excluding hydrogens is 272 g/mol. The van der Waals surface area contributed by atoms with Crippen molar-refractivity contribution < 1.29 is 19.4 Å². The second kappa shape index (κ2) is 10.1. The first-order valence-electron chi connectivity index (χ1n) is 7.52. The Morgan fingerprint density at radius 3 is 2.86 bits per heavy atom. The van der Waals surface area contributed by atoms with Gasteiger partial charge in [-0.3, -0.25) is 0 Å². The first kappa shape index (κ1) is 17.3. The molecule has 0 heterocycles. The predicted octanol–water partition coefficient (Wildman–Crippen LogP) is 1.63. The highest BCUT2D eigenvalue weighted by atomic mass is 16.6. The fourth-order valence-electron chi connectivity index (χ4n) is 2.12. The zero-order valence-corrected chi connectivity index (χ0v) is 12.3. The summed E-state index contributed by atoms with van der Waals surface area (Å²) in [4.78, 5) is 22.9. The summed E-state index contributed by atoms with van der Waals surface area (Å²) < 4.78 is 5.20. The number of carboxylic acid groups (broad SMARTS) is 1. The summed E-state index contributed by atoms with van der Waals surface area (Å²) in [7, 11) is 0. The standard InChI is InChI=1S/C15H24N2O4/c16-11-7-6-10-13(14(18)19)17-15(20)21-12-8-4-2-1-3-5-9-12/h12-13H,1-4,6-8,10-11,16H2,(H,17,20)(H,18,19). The number of alkyl carbamates (subject to hydrolysis) is 1. The van der Waals surface area contributed by atoms with Crippen LogP contribution < -0.4 is 11.1 Å². The van der Waals surface area contributed by atoms with E-state index in [-0.39, 0.29) is 0 Å². The van der Waals surface area contributed by atoms with Crippen molar-refractivity contribution in [3.63, 3.8) is 0 Å². The zero-order chi connectivity index (χ0) is 15.5. The highest BCUT2D eigenvalue weighted by Crippen LogP contribution is 2.11. The third-order valence-corrected chi connectivity index (χ3v) is 3.32. The van der Waals surface area contributed by atoms with Crippen LogP contribution in [0.4, 0.5) is 4.79 Å². The van der Waals surface area contributed by atoms with E-state index in [1.807, 2.05) is 0 Å². The Balaban J connectivity index is 2.42. The van der Waals surface area contributed by atoms with E-state index in [4.69, 9.17) is 15.6 Å². The zero-order valence-electron chi connectivity index (χ0n) is 12.3. The average molecular weight is 296 g/mol. The van der Waals surface area contributed by atoms with Crippen LogP contribution in [0, 0.1) is 11.8 Å². The molecule has 1 amide bonds. The van der Waals surface area contributed by atoms with Gasteiger partial charge in [0.2, 0.25) is 0 Å². The van der Waals surface area contributed by atoms with Crippen LogP contribution in [0.3, 0.4) is 0 Å². The number of unbranched alkanes of at least 4 members (excludes halogenated alkanes) is 1. The lowest BCUT2D eigenvalue weighted by atomic mass is 10.1. The van der Waals surface area contributed by atoms with Gasteiger partial charge in [0, 0.05) is 6.42 Å². The Hall–Kier alpha value is -1.74. The Morgan fingerprint density at radius 1 is 1.33 bits per heavy atom. The maximum Gasteiger partial charge on any atom is 0.409 e. The second-order valence-electron chi connectivity index (χ2n) is 5.13.